The van der Waals surface area contributed by atoms with Crippen LogP contribution in [0.3, 0.4) is 0 Å². The van der Waals surface area contributed by atoms with Gasteiger partial charge in [0.2, 0.25) is 0 Å². The molecule has 3 heteroatoms. The molecule has 0 amide bonds. The Morgan fingerprint density at radius 1 is 1.29 bits per heavy atom. The van der Waals surface area contributed by atoms with Crippen molar-refractivity contribution in [3.63, 3.8) is 0 Å². The van der Waals surface area contributed by atoms with Crippen molar-refractivity contribution in [2.75, 3.05) is 25.6 Å². The number of halogens is 1. The molecule has 0 saturated heterocycles. The molecule has 0 bridgehead atoms. The SMILES string of the molecule is COCCCNc1ccc(CCl)cc1. The van der Waals surface area contributed by atoms with E-state index in [0.29, 0.717) is 5.88 Å². The Balaban J connectivity index is 2.29. The predicted octanol–water partition coefficient (Wildman–Crippen LogP) is 2.87. The Morgan fingerprint density at radius 3 is 2.57 bits per heavy atom. The minimum Gasteiger partial charge on any atom is -0.385 e. The molecule has 0 aliphatic carbocycles. The van der Waals surface area contributed by atoms with Gasteiger partial charge in [-0.1, -0.05) is 12.1 Å². The molecule has 0 radical (unpaired) electrons. The van der Waals surface area contributed by atoms with Gasteiger partial charge in [0, 0.05) is 31.8 Å². The standard InChI is InChI=1S/C11H16ClNO/c1-14-8-2-7-13-11-5-3-10(9-12)4-6-11/h3-6,13H,2,7-9H2,1H3. The smallest absolute Gasteiger partial charge is 0.0479 e. The number of hydrogen-bond acceptors (Lipinski definition) is 2. The van der Waals surface area contributed by atoms with Crippen LogP contribution in [0.5, 0.6) is 0 Å². The Labute approximate surface area is 90.2 Å². The van der Waals surface area contributed by atoms with Crippen LogP contribution >= 0.6 is 11.6 Å². The molecule has 0 aromatic heterocycles. The second-order valence-electron chi connectivity index (χ2n) is 3.10. The molecule has 1 aromatic rings. The summed E-state index contributed by atoms with van der Waals surface area (Å²) >= 11 is 5.69. The number of nitrogens with one attached hydrogen (secondary N) is 1. The van der Waals surface area contributed by atoms with Gasteiger partial charge in [-0.25, -0.2) is 0 Å². The van der Waals surface area contributed by atoms with E-state index in [0.717, 1.165) is 30.8 Å². The van der Waals surface area contributed by atoms with Gasteiger partial charge >= 0.3 is 0 Å². The van der Waals surface area contributed by atoms with Gasteiger partial charge in [-0.15, -0.1) is 11.6 Å². The zero-order valence-corrected chi connectivity index (χ0v) is 9.18. The molecule has 0 fully saturated rings. The van der Waals surface area contributed by atoms with E-state index in [9.17, 15) is 0 Å². The fraction of sp³-hybridized carbons (Fsp3) is 0.455. The van der Waals surface area contributed by atoms with E-state index in [1.165, 1.54) is 0 Å². The van der Waals surface area contributed by atoms with Gasteiger partial charge in [-0.3, -0.25) is 0 Å². The van der Waals surface area contributed by atoms with E-state index in [2.05, 4.69) is 5.32 Å². The van der Waals surface area contributed by atoms with Crippen molar-refractivity contribution in [2.24, 2.45) is 0 Å². The highest BCUT2D eigenvalue weighted by Gasteiger charge is 1.92. The van der Waals surface area contributed by atoms with Gasteiger partial charge in [-0.2, -0.15) is 0 Å². The quantitative estimate of drug-likeness (QED) is 0.580. The summed E-state index contributed by atoms with van der Waals surface area (Å²) in [7, 11) is 1.72. The number of anilines is 1. The number of hydrogen-bond donors (Lipinski definition) is 1. The molecule has 1 aromatic carbocycles. The third kappa shape index (κ3) is 3.99. The number of benzene rings is 1. The predicted molar refractivity (Wildman–Crippen MR) is 61.0 cm³/mol. The Bertz CT molecular complexity index is 248. The largest absolute Gasteiger partial charge is 0.385 e. The topological polar surface area (TPSA) is 21.3 Å². The number of rotatable bonds is 6. The fourth-order valence-electron chi connectivity index (χ4n) is 1.16. The van der Waals surface area contributed by atoms with Crippen molar-refractivity contribution in [3.8, 4) is 0 Å². The van der Waals surface area contributed by atoms with Gasteiger partial charge in [0.1, 0.15) is 0 Å². The molecular formula is C11H16ClNO. The first-order valence-corrected chi connectivity index (χ1v) is 5.28. The van der Waals surface area contributed by atoms with E-state index in [4.69, 9.17) is 16.3 Å². The normalized spacial score (nSPS) is 10.1. The highest BCUT2D eigenvalue weighted by Crippen LogP contribution is 2.10. The minimum absolute atomic E-state index is 0.573. The lowest BCUT2D eigenvalue weighted by molar-refractivity contribution is 0.198. The van der Waals surface area contributed by atoms with Gasteiger partial charge in [0.15, 0.2) is 0 Å². The van der Waals surface area contributed by atoms with Crippen LogP contribution in [-0.4, -0.2) is 20.3 Å². The average Bonchev–Trinajstić information content (AvgIpc) is 2.25. The monoisotopic (exact) mass is 213 g/mol. The lowest BCUT2D eigenvalue weighted by Crippen LogP contribution is -2.04. The molecule has 0 spiro atoms. The van der Waals surface area contributed by atoms with Crippen LogP contribution in [0.25, 0.3) is 0 Å². The molecule has 0 atom stereocenters. The van der Waals surface area contributed by atoms with Crippen molar-refractivity contribution < 1.29 is 4.74 Å². The van der Waals surface area contributed by atoms with Crippen molar-refractivity contribution in [3.05, 3.63) is 29.8 Å². The van der Waals surface area contributed by atoms with Crippen molar-refractivity contribution in [2.45, 2.75) is 12.3 Å². The molecule has 0 saturated carbocycles. The molecular weight excluding hydrogens is 198 g/mol. The first-order valence-electron chi connectivity index (χ1n) is 4.74. The fourth-order valence-corrected chi connectivity index (χ4v) is 1.34. The van der Waals surface area contributed by atoms with Crippen molar-refractivity contribution in [1.82, 2.24) is 0 Å². The maximum Gasteiger partial charge on any atom is 0.0479 e. The number of methoxy groups -OCH3 is 1. The van der Waals surface area contributed by atoms with Crippen LogP contribution in [0.4, 0.5) is 5.69 Å². The highest BCUT2D eigenvalue weighted by molar-refractivity contribution is 6.17. The lowest BCUT2D eigenvalue weighted by atomic mass is 10.2. The Kier molecular flexibility index (Phi) is 5.42. The number of alkyl halides is 1. The lowest BCUT2D eigenvalue weighted by Gasteiger charge is -2.06. The molecule has 0 aliphatic rings. The minimum atomic E-state index is 0.573. The first-order chi connectivity index (χ1) is 6.86. The molecule has 1 N–H and O–H groups in total. The summed E-state index contributed by atoms with van der Waals surface area (Å²) in [6.45, 7) is 1.74. The van der Waals surface area contributed by atoms with Crippen molar-refractivity contribution >= 4 is 17.3 Å². The summed E-state index contributed by atoms with van der Waals surface area (Å²) in [5, 5.41) is 3.31. The third-order valence-electron chi connectivity index (χ3n) is 1.96. The van der Waals surface area contributed by atoms with Gasteiger partial charge in [-0.05, 0) is 24.1 Å². The van der Waals surface area contributed by atoms with Crippen molar-refractivity contribution in [1.29, 1.82) is 0 Å². The summed E-state index contributed by atoms with van der Waals surface area (Å²) in [6, 6.07) is 8.16. The zero-order valence-electron chi connectivity index (χ0n) is 8.42. The van der Waals surface area contributed by atoms with E-state index in [1.807, 2.05) is 24.3 Å². The number of ether oxygens (including phenoxy) is 1. The molecule has 14 heavy (non-hydrogen) atoms. The zero-order chi connectivity index (χ0) is 10.2. The van der Waals surface area contributed by atoms with Crippen LogP contribution in [0.1, 0.15) is 12.0 Å². The second-order valence-corrected chi connectivity index (χ2v) is 3.37. The van der Waals surface area contributed by atoms with Gasteiger partial charge < -0.3 is 10.1 Å². The molecule has 2 nitrogen and oxygen atoms in total. The van der Waals surface area contributed by atoms with Crippen LogP contribution in [0, 0.1) is 0 Å². The highest BCUT2D eigenvalue weighted by atomic mass is 35.5. The summed E-state index contributed by atoms with van der Waals surface area (Å²) < 4.78 is 4.96. The van der Waals surface area contributed by atoms with Crippen LogP contribution in [0.15, 0.2) is 24.3 Å². The second kappa shape index (κ2) is 6.68. The van der Waals surface area contributed by atoms with Crippen LogP contribution in [0.2, 0.25) is 0 Å². The van der Waals surface area contributed by atoms with E-state index in [1.54, 1.807) is 7.11 Å². The van der Waals surface area contributed by atoms with Crippen LogP contribution in [-0.2, 0) is 10.6 Å². The first kappa shape index (κ1) is 11.3. The summed E-state index contributed by atoms with van der Waals surface area (Å²) in [4.78, 5) is 0. The average molecular weight is 214 g/mol. The Morgan fingerprint density at radius 2 is 2.00 bits per heavy atom. The summed E-state index contributed by atoms with van der Waals surface area (Å²) in [6.07, 6.45) is 1.02. The van der Waals surface area contributed by atoms with Gasteiger partial charge in [0.25, 0.3) is 0 Å². The summed E-state index contributed by atoms with van der Waals surface area (Å²) in [5.74, 6) is 0.573. The van der Waals surface area contributed by atoms with Crippen LogP contribution < -0.4 is 5.32 Å². The van der Waals surface area contributed by atoms with E-state index < -0.39 is 0 Å². The summed E-state index contributed by atoms with van der Waals surface area (Å²) in [5.41, 5.74) is 2.28. The molecule has 0 heterocycles. The maximum absolute atomic E-state index is 5.69. The maximum atomic E-state index is 5.69. The Hall–Kier alpha value is -0.730. The van der Waals surface area contributed by atoms with E-state index >= 15 is 0 Å². The molecule has 1 rings (SSSR count). The molecule has 0 aliphatic heterocycles. The molecule has 78 valence electrons. The van der Waals surface area contributed by atoms with E-state index in [-0.39, 0.29) is 0 Å². The third-order valence-corrected chi connectivity index (χ3v) is 2.27. The molecule has 0 unspecified atom stereocenters. The van der Waals surface area contributed by atoms with Gasteiger partial charge in [0.05, 0.1) is 0 Å².